The van der Waals surface area contributed by atoms with E-state index < -0.39 is 0 Å². The molecule has 2 heterocycles. The summed E-state index contributed by atoms with van der Waals surface area (Å²) in [7, 11) is 0. The lowest BCUT2D eigenvalue weighted by atomic mass is 10.1. The SMILES string of the molecule is Clc1ccc(-c2n[nH]c3ccc(Nc4c5c(nc6ccccc46)CCC5)cc23)cc1Cl. The van der Waals surface area contributed by atoms with Crippen molar-refractivity contribution in [1.29, 1.82) is 0 Å². The molecule has 0 radical (unpaired) electrons. The summed E-state index contributed by atoms with van der Waals surface area (Å²) in [6.45, 7) is 0. The van der Waals surface area contributed by atoms with Gasteiger partial charge in [-0.15, -0.1) is 0 Å². The summed E-state index contributed by atoms with van der Waals surface area (Å²) in [6.07, 6.45) is 3.24. The lowest BCUT2D eigenvalue weighted by Crippen LogP contribution is -1.99. The van der Waals surface area contributed by atoms with Crippen molar-refractivity contribution in [2.24, 2.45) is 0 Å². The smallest absolute Gasteiger partial charge is 0.100 e. The maximum absolute atomic E-state index is 6.24. The van der Waals surface area contributed by atoms with Gasteiger partial charge in [0.25, 0.3) is 0 Å². The molecule has 2 N–H and O–H groups in total. The molecule has 0 saturated carbocycles. The summed E-state index contributed by atoms with van der Waals surface area (Å²) in [6, 6.07) is 20.2. The van der Waals surface area contributed by atoms with Gasteiger partial charge in [-0.3, -0.25) is 10.1 Å². The molecule has 2 aromatic heterocycles. The lowest BCUT2D eigenvalue weighted by molar-refractivity contribution is 0.901. The van der Waals surface area contributed by atoms with Crippen LogP contribution in [0.25, 0.3) is 33.1 Å². The van der Waals surface area contributed by atoms with Crippen molar-refractivity contribution >= 4 is 56.4 Å². The average molecular weight is 445 g/mol. The quantitative estimate of drug-likeness (QED) is 0.306. The van der Waals surface area contributed by atoms with Gasteiger partial charge in [0.1, 0.15) is 5.69 Å². The van der Waals surface area contributed by atoms with E-state index in [1.807, 2.05) is 18.2 Å². The number of pyridine rings is 1. The number of halogens is 2. The number of nitrogens with zero attached hydrogens (tertiary/aromatic N) is 2. The molecular weight excluding hydrogens is 427 g/mol. The fourth-order valence-corrected chi connectivity index (χ4v) is 4.75. The third-order valence-corrected chi connectivity index (χ3v) is 6.68. The molecule has 0 saturated heterocycles. The Bertz CT molecular complexity index is 1470. The molecule has 31 heavy (non-hydrogen) atoms. The Morgan fingerprint density at radius 2 is 1.77 bits per heavy atom. The van der Waals surface area contributed by atoms with Crippen LogP contribution in [0.4, 0.5) is 11.4 Å². The molecule has 4 nitrogen and oxygen atoms in total. The summed E-state index contributed by atoms with van der Waals surface area (Å²) < 4.78 is 0. The average Bonchev–Trinajstić information content (AvgIpc) is 3.42. The van der Waals surface area contributed by atoms with Crippen molar-refractivity contribution in [3.05, 3.63) is 82.0 Å². The molecule has 5 aromatic rings. The van der Waals surface area contributed by atoms with Crippen LogP contribution in [0.15, 0.2) is 60.7 Å². The minimum absolute atomic E-state index is 0.517. The number of para-hydroxylation sites is 1. The summed E-state index contributed by atoms with van der Waals surface area (Å²) in [5.41, 5.74) is 8.49. The molecular formula is C25H18Cl2N4. The van der Waals surface area contributed by atoms with Crippen LogP contribution in [0.3, 0.4) is 0 Å². The number of hydrogen-bond acceptors (Lipinski definition) is 3. The summed E-state index contributed by atoms with van der Waals surface area (Å²) in [5, 5.41) is 14.6. The maximum atomic E-state index is 6.24. The van der Waals surface area contributed by atoms with Gasteiger partial charge in [0.15, 0.2) is 0 Å². The number of rotatable bonds is 3. The second-order valence-electron chi connectivity index (χ2n) is 7.87. The fraction of sp³-hybridized carbons (Fsp3) is 0.120. The highest BCUT2D eigenvalue weighted by molar-refractivity contribution is 6.42. The van der Waals surface area contributed by atoms with Crippen molar-refractivity contribution in [2.45, 2.75) is 19.3 Å². The fourth-order valence-electron chi connectivity index (χ4n) is 4.45. The Labute approximate surface area is 189 Å². The van der Waals surface area contributed by atoms with Gasteiger partial charge in [0.2, 0.25) is 0 Å². The number of aromatic amines is 1. The number of aromatic nitrogens is 3. The van der Waals surface area contributed by atoms with Crippen LogP contribution >= 0.6 is 23.2 Å². The van der Waals surface area contributed by atoms with Crippen LogP contribution < -0.4 is 5.32 Å². The minimum atomic E-state index is 0.517. The van der Waals surface area contributed by atoms with Gasteiger partial charge in [-0.25, -0.2) is 0 Å². The van der Waals surface area contributed by atoms with Crippen molar-refractivity contribution in [3.8, 4) is 11.3 Å². The van der Waals surface area contributed by atoms with E-state index >= 15 is 0 Å². The number of nitrogens with one attached hydrogen (secondary N) is 2. The Kier molecular flexibility index (Phi) is 4.37. The van der Waals surface area contributed by atoms with Crippen molar-refractivity contribution in [3.63, 3.8) is 0 Å². The van der Waals surface area contributed by atoms with Gasteiger partial charge in [0.05, 0.1) is 26.8 Å². The third kappa shape index (κ3) is 3.14. The second-order valence-corrected chi connectivity index (χ2v) is 8.68. The predicted octanol–water partition coefficient (Wildman–Crippen LogP) is 7.32. The van der Waals surface area contributed by atoms with Gasteiger partial charge in [-0.1, -0.05) is 47.5 Å². The zero-order valence-electron chi connectivity index (χ0n) is 16.5. The number of anilines is 2. The highest BCUT2D eigenvalue weighted by Gasteiger charge is 2.20. The third-order valence-electron chi connectivity index (χ3n) is 5.94. The highest BCUT2D eigenvalue weighted by Crippen LogP contribution is 2.37. The molecule has 0 spiro atoms. The van der Waals surface area contributed by atoms with Crippen LogP contribution in [0.1, 0.15) is 17.7 Å². The second kappa shape index (κ2) is 7.26. The Balaban J connectivity index is 1.47. The van der Waals surface area contributed by atoms with Crippen LogP contribution in [-0.4, -0.2) is 15.2 Å². The van der Waals surface area contributed by atoms with Crippen LogP contribution in [0.2, 0.25) is 10.0 Å². The summed E-state index contributed by atoms with van der Waals surface area (Å²) in [5.74, 6) is 0. The molecule has 0 atom stereocenters. The van der Waals surface area contributed by atoms with E-state index in [4.69, 9.17) is 28.2 Å². The van der Waals surface area contributed by atoms with Crippen molar-refractivity contribution < 1.29 is 0 Å². The molecule has 3 aromatic carbocycles. The molecule has 152 valence electrons. The number of benzene rings is 3. The molecule has 0 unspecified atom stereocenters. The van der Waals surface area contributed by atoms with E-state index in [2.05, 4.69) is 51.9 Å². The molecule has 6 heteroatoms. The predicted molar refractivity (Wildman–Crippen MR) is 129 cm³/mol. The topological polar surface area (TPSA) is 53.6 Å². The monoisotopic (exact) mass is 444 g/mol. The zero-order chi connectivity index (χ0) is 20.9. The number of fused-ring (bicyclic) bond motifs is 3. The van der Waals surface area contributed by atoms with Crippen LogP contribution in [0, 0.1) is 0 Å². The van der Waals surface area contributed by atoms with E-state index in [-0.39, 0.29) is 0 Å². The van der Waals surface area contributed by atoms with Crippen molar-refractivity contribution in [2.75, 3.05) is 5.32 Å². The molecule has 1 aliphatic carbocycles. The van der Waals surface area contributed by atoms with Crippen LogP contribution in [-0.2, 0) is 12.8 Å². The lowest BCUT2D eigenvalue weighted by Gasteiger charge is -2.15. The number of H-pyrrole nitrogens is 1. The first-order valence-corrected chi connectivity index (χ1v) is 11.0. The first kappa shape index (κ1) is 18.7. The van der Waals surface area contributed by atoms with Gasteiger partial charge >= 0.3 is 0 Å². The molecule has 1 aliphatic rings. The normalized spacial score (nSPS) is 13.1. The Morgan fingerprint density at radius 3 is 2.68 bits per heavy atom. The molecule has 0 amide bonds. The van der Waals surface area contributed by atoms with Gasteiger partial charge in [-0.05, 0) is 61.2 Å². The Hall–Kier alpha value is -3.08. The first-order valence-electron chi connectivity index (χ1n) is 10.3. The maximum Gasteiger partial charge on any atom is 0.100 e. The van der Waals surface area contributed by atoms with E-state index in [0.717, 1.165) is 63.7 Å². The number of aryl methyl sites for hydroxylation is 1. The highest BCUT2D eigenvalue weighted by atomic mass is 35.5. The van der Waals surface area contributed by atoms with Crippen LogP contribution in [0.5, 0.6) is 0 Å². The van der Waals surface area contributed by atoms with Crippen molar-refractivity contribution in [1.82, 2.24) is 15.2 Å². The molecule has 6 rings (SSSR count). The zero-order valence-corrected chi connectivity index (χ0v) is 18.1. The largest absolute Gasteiger partial charge is 0.355 e. The molecule has 0 aliphatic heterocycles. The van der Waals surface area contributed by atoms with Gasteiger partial charge < -0.3 is 5.32 Å². The standard InChI is InChI=1S/C25H18Cl2N4/c26-19-10-8-14(12-20(19)27)24-18-13-15(9-11-23(18)30-31-24)28-25-16-4-1-2-6-21(16)29-22-7-3-5-17(22)25/h1-2,4,6,8-13H,3,5,7H2,(H,28,29)(H,30,31). The van der Waals surface area contributed by atoms with Gasteiger partial charge in [-0.2, -0.15) is 5.10 Å². The molecule has 0 fully saturated rings. The van der Waals surface area contributed by atoms with E-state index in [1.165, 1.54) is 11.3 Å². The molecule has 0 bridgehead atoms. The summed E-state index contributed by atoms with van der Waals surface area (Å²) in [4.78, 5) is 4.89. The minimum Gasteiger partial charge on any atom is -0.355 e. The van der Waals surface area contributed by atoms with E-state index in [0.29, 0.717) is 10.0 Å². The van der Waals surface area contributed by atoms with Gasteiger partial charge in [0, 0.05) is 27.7 Å². The van der Waals surface area contributed by atoms with E-state index in [9.17, 15) is 0 Å². The Morgan fingerprint density at radius 1 is 0.871 bits per heavy atom. The first-order chi connectivity index (χ1) is 15.2. The summed E-state index contributed by atoms with van der Waals surface area (Å²) >= 11 is 12.3. The number of hydrogen-bond donors (Lipinski definition) is 2. The van der Waals surface area contributed by atoms with E-state index in [1.54, 1.807) is 6.07 Å².